The molecular formula is C15H11F3N2O3S2. The van der Waals surface area contributed by atoms with Crippen LogP contribution in [0.15, 0.2) is 52.2 Å². The number of sulfonamides is 1. The largest absolute Gasteiger partial charge is 0.416 e. The van der Waals surface area contributed by atoms with Crippen molar-refractivity contribution in [2.75, 3.05) is 4.72 Å². The van der Waals surface area contributed by atoms with E-state index >= 15 is 0 Å². The summed E-state index contributed by atoms with van der Waals surface area (Å²) in [6.45, 7) is 0. The number of hydrogen-bond acceptors (Lipinski definition) is 4. The van der Waals surface area contributed by atoms with Crippen LogP contribution in [0.5, 0.6) is 0 Å². The molecule has 25 heavy (non-hydrogen) atoms. The number of halogens is 3. The molecule has 0 saturated carbocycles. The zero-order valence-electron chi connectivity index (χ0n) is 12.7. The predicted octanol–water partition coefficient (Wildman–Crippen LogP) is 3.42. The lowest BCUT2D eigenvalue weighted by atomic mass is 10.2. The molecule has 0 fully saturated rings. The topological polar surface area (TPSA) is 68.2 Å². The fourth-order valence-corrected chi connectivity index (χ4v) is 4.32. The summed E-state index contributed by atoms with van der Waals surface area (Å²) in [5.41, 5.74) is -0.575. The molecule has 0 aliphatic carbocycles. The van der Waals surface area contributed by atoms with Crippen LogP contribution >= 0.6 is 11.3 Å². The Kier molecular flexibility index (Phi) is 4.12. The second-order valence-corrected chi connectivity index (χ2v) is 7.92. The number of anilines is 1. The summed E-state index contributed by atoms with van der Waals surface area (Å²) in [7, 11) is -2.53. The van der Waals surface area contributed by atoms with Gasteiger partial charge in [0.05, 0.1) is 20.7 Å². The number of alkyl halides is 3. The van der Waals surface area contributed by atoms with Gasteiger partial charge in [-0.3, -0.25) is 9.52 Å². The third kappa shape index (κ3) is 3.40. The van der Waals surface area contributed by atoms with Crippen LogP contribution in [-0.4, -0.2) is 13.0 Å². The highest BCUT2D eigenvalue weighted by Crippen LogP contribution is 2.31. The lowest BCUT2D eigenvalue weighted by Gasteiger charge is -2.11. The van der Waals surface area contributed by atoms with Gasteiger partial charge in [0.2, 0.25) is 0 Å². The SMILES string of the molecule is Cn1c(=O)sc2cc(S(=O)(=O)Nc3cccc(C(F)(F)F)c3)ccc21. The van der Waals surface area contributed by atoms with Gasteiger partial charge < -0.3 is 4.57 Å². The van der Waals surface area contributed by atoms with E-state index in [-0.39, 0.29) is 15.5 Å². The zero-order valence-corrected chi connectivity index (χ0v) is 14.3. The van der Waals surface area contributed by atoms with Crippen molar-refractivity contribution in [3.8, 4) is 0 Å². The van der Waals surface area contributed by atoms with Crippen LogP contribution in [-0.2, 0) is 23.2 Å². The highest BCUT2D eigenvalue weighted by Gasteiger charge is 2.30. The van der Waals surface area contributed by atoms with Crippen molar-refractivity contribution >= 4 is 37.3 Å². The maximum Gasteiger partial charge on any atom is 0.416 e. The standard InChI is InChI=1S/C15H11F3N2O3S2/c1-20-12-6-5-11(8-13(12)24-14(20)21)25(22,23)19-10-4-2-3-9(7-10)15(16,17)18/h2-8,19H,1H3. The number of nitrogens with zero attached hydrogens (tertiary/aromatic N) is 1. The first-order valence-corrected chi connectivity index (χ1v) is 9.17. The van der Waals surface area contributed by atoms with Gasteiger partial charge in [-0.25, -0.2) is 8.42 Å². The van der Waals surface area contributed by atoms with Crippen LogP contribution in [0.4, 0.5) is 18.9 Å². The summed E-state index contributed by atoms with van der Waals surface area (Å²) < 4.78 is 67.0. The van der Waals surface area contributed by atoms with Crippen molar-refractivity contribution in [1.29, 1.82) is 0 Å². The zero-order chi connectivity index (χ0) is 18.4. The van der Waals surface area contributed by atoms with E-state index in [9.17, 15) is 26.4 Å². The summed E-state index contributed by atoms with van der Waals surface area (Å²) in [4.78, 5) is 11.3. The lowest BCUT2D eigenvalue weighted by molar-refractivity contribution is -0.137. The first-order valence-electron chi connectivity index (χ1n) is 6.87. The van der Waals surface area contributed by atoms with Crippen molar-refractivity contribution in [3.63, 3.8) is 0 Å². The minimum atomic E-state index is -4.57. The van der Waals surface area contributed by atoms with E-state index in [1.807, 2.05) is 0 Å². The lowest BCUT2D eigenvalue weighted by Crippen LogP contribution is -2.14. The minimum absolute atomic E-state index is 0.140. The Morgan fingerprint density at radius 1 is 1.12 bits per heavy atom. The maximum absolute atomic E-state index is 12.7. The Bertz CT molecular complexity index is 1110. The molecule has 10 heteroatoms. The second-order valence-electron chi connectivity index (χ2n) is 5.24. The Labute approximate surface area is 144 Å². The first kappa shape index (κ1) is 17.5. The molecule has 0 aliphatic rings. The third-order valence-corrected chi connectivity index (χ3v) is 5.89. The average molecular weight is 388 g/mol. The molecule has 0 radical (unpaired) electrons. The fraction of sp³-hybridized carbons (Fsp3) is 0.133. The molecule has 0 spiro atoms. The Morgan fingerprint density at radius 2 is 1.84 bits per heavy atom. The minimum Gasteiger partial charge on any atom is -0.302 e. The van der Waals surface area contributed by atoms with E-state index in [0.717, 1.165) is 29.5 Å². The van der Waals surface area contributed by atoms with Crippen molar-refractivity contribution in [1.82, 2.24) is 4.57 Å². The first-order chi connectivity index (χ1) is 11.6. The van der Waals surface area contributed by atoms with E-state index in [4.69, 9.17) is 0 Å². The van der Waals surface area contributed by atoms with E-state index < -0.39 is 21.8 Å². The summed E-state index contributed by atoms with van der Waals surface area (Å²) in [5, 5.41) is 0. The highest BCUT2D eigenvalue weighted by atomic mass is 32.2. The van der Waals surface area contributed by atoms with Gasteiger partial charge in [0, 0.05) is 12.7 Å². The normalized spacial score (nSPS) is 12.5. The van der Waals surface area contributed by atoms with Crippen LogP contribution in [0.2, 0.25) is 0 Å². The van der Waals surface area contributed by atoms with Crippen LogP contribution < -0.4 is 9.60 Å². The number of benzene rings is 2. The van der Waals surface area contributed by atoms with Crippen molar-refractivity contribution in [2.24, 2.45) is 7.05 Å². The quantitative estimate of drug-likeness (QED) is 0.748. The second kappa shape index (κ2) is 5.88. The average Bonchev–Trinajstić information content (AvgIpc) is 2.80. The number of rotatable bonds is 3. The third-order valence-electron chi connectivity index (χ3n) is 3.52. The molecule has 1 aromatic heterocycles. The number of aryl methyl sites for hydroxylation is 1. The van der Waals surface area contributed by atoms with Gasteiger partial charge in [-0.05, 0) is 36.4 Å². The van der Waals surface area contributed by atoms with E-state index in [1.54, 1.807) is 7.05 Å². The molecule has 2 aromatic carbocycles. The Balaban J connectivity index is 1.99. The molecule has 0 atom stereocenters. The molecule has 132 valence electrons. The molecule has 3 rings (SSSR count). The van der Waals surface area contributed by atoms with Crippen LogP contribution in [0.25, 0.3) is 10.2 Å². The van der Waals surface area contributed by atoms with Gasteiger partial charge in [0.1, 0.15) is 0 Å². The molecule has 1 heterocycles. The summed E-state index contributed by atoms with van der Waals surface area (Å²) in [5.74, 6) is 0. The maximum atomic E-state index is 12.7. The van der Waals surface area contributed by atoms with E-state index in [1.165, 1.54) is 28.8 Å². The molecule has 1 N–H and O–H groups in total. The monoisotopic (exact) mass is 388 g/mol. The van der Waals surface area contributed by atoms with Gasteiger partial charge in [-0.15, -0.1) is 0 Å². The molecule has 0 amide bonds. The van der Waals surface area contributed by atoms with Crippen molar-refractivity contribution < 1.29 is 21.6 Å². The molecule has 0 unspecified atom stereocenters. The summed E-state index contributed by atoms with van der Waals surface area (Å²) in [6, 6.07) is 8.01. The van der Waals surface area contributed by atoms with Gasteiger partial charge in [-0.2, -0.15) is 13.2 Å². The number of hydrogen-bond donors (Lipinski definition) is 1. The number of fused-ring (bicyclic) bond motifs is 1. The van der Waals surface area contributed by atoms with Gasteiger partial charge >= 0.3 is 11.0 Å². The smallest absolute Gasteiger partial charge is 0.302 e. The summed E-state index contributed by atoms with van der Waals surface area (Å²) in [6.07, 6.45) is -4.57. The fourth-order valence-electron chi connectivity index (χ4n) is 2.25. The molecule has 3 aromatic rings. The van der Waals surface area contributed by atoms with Crippen LogP contribution in [0.1, 0.15) is 5.56 Å². The Morgan fingerprint density at radius 3 is 2.52 bits per heavy atom. The van der Waals surface area contributed by atoms with Gasteiger partial charge in [0.15, 0.2) is 0 Å². The highest BCUT2D eigenvalue weighted by molar-refractivity contribution is 7.92. The number of thiazole rings is 1. The van der Waals surface area contributed by atoms with Crippen molar-refractivity contribution in [3.05, 3.63) is 57.7 Å². The van der Waals surface area contributed by atoms with Crippen LogP contribution in [0, 0.1) is 0 Å². The Hall–Kier alpha value is -2.33. The molecule has 0 aliphatic heterocycles. The van der Waals surface area contributed by atoms with Gasteiger partial charge in [-0.1, -0.05) is 17.4 Å². The number of aromatic nitrogens is 1. The number of nitrogens with one attached hydrogen (secondary N) is 1. The predicted molar refractivity (Wildman–Crippen MR) is 89.3 cm³/mol. The van der Waals surface area contributed by atoms with E-state index in [2.05, 4.69) is 4.72 Å². The van der Waals surface area contributed by atoms with E-state index in [0.29, 0.717) is 10.2 Å². The van der Waals surface area contributed by atoms with Crippen molar-refractivity contribution in [2.45, 2.75) is 11.1 Å². The van der Waals surface area contributed by atoms with Gasteiger partial charge in [0.25, 0.3) is 10.0 Å². The molecule has 0 bridgehead atoms. The molecule has 0 saturated heterocycles. The van der Waals surface area contributed by atoms with Crippen LogP contribution in [0.3, 0.4) is 0 Å². The summed E-state index contributed by atoms with van der Waals surface area (Å²) >= 11 is 0.888. The molecular weight excluding hydrogens is 377 g/mol. The molecule has 5 nitrogen and oxygen atoms in total.